The number of rotatable bonds is 2. The van der Waals surface area contributed by atoms with E-state index in [9.17, 15) is 4.79 Å². The van der Waals surface area contributed by atoms with Crippen LogP contribution in [0.25, 0.3) is 38.8 Å². The van der Waals surface area contributed by atoms with E-state index < -0.39 is 0 Å². The van der Waals surface area contributed by atoms with E-state index in [4.69, 9.17) is 17.3 Å². The number of halogens is 1. The second-order valence-corrected chi connectivity index (χ2v) is 7.64. The summed E-state index contributed by atoms with van der Waals surface area (Å²) in [5, 5.41) is 5.26. The minimum Gasteiger partial charge on any atom is -0.397 e. The van der Waals surface area contributed by atoms with Gasteiger partial charge < -0.3 is 5.73 Å². The highest BCUT2D eigenvalue weighted by atomic mass is 35.5. The fourth-order valence-corrected chi connectivity index (χ4v) is 3.96. The first kappa shape index (κ1) is 18.4. The lowest BCUT2D eigenvalue weighted by Gasteiger charge is -2.08. The van der Waals surface area contributed by atoms with Crippen LogP contribution in [0.1, 0.15) is 5.69 Å². The third-order valence-corrected chi connectivity index (χ3v) is 5.62. The van der Waals surface area contributed by atoms with Crippen LogP contribution in [0.5, 0.6) is 0 Å². The summed E-state index contributed by atoms with van der Waals surface area (Å²) in [6, 6.07) is 7.78. The number of aromatic nitrogens is 6. The van der Waals surface area contributed by atoms with E-state index in [0.29, 0.717) is 16.9 Å². The zero-order valence-electron chi connectivity index (χ0n) is 16.6. The molecule has 0 spiro atoms. The number of imidazole rings is 1. The summed E-state index contributed by atoms with van der Waals surface area (Å²) in [6.07, 6.45) is 5.21. The molecule has 150 valence electrons. The molecule has 5 aromatic rings. The van der Waals surface area contributed by atoms with Crippen LogP contribution in [-0.4, -0.2) is 28.9 Å². The molecule has 0 aliphatic carbocycles. The Labute approximate surface area is 176 Å². The van der Waals surface area contributed by atoms with Gasteiger partial charge >= 0.3 is 5.69 Å². The van der Waals surface area contributed by atoms with Crippen molar-refractivity contribution in [2.45, 2.75) is 6.92 Å². The molecule has 0 fully saturated rings. The van der Waals surface area contributed by atoms with Gasteiger partial charge in [-0.3, -0.25) is 23.8 Å². The van der Waals surface area contributed by atoms with Crippen LogP contribution < -0.4 is 11.4 Å². The Kier molecular flexibility index (Phi) is 3.94. The second kappa shape index (κ2) is 6.43. The molecule has 0 amide bonds. The Morgan fingerprint density at radius 2 is 1.87 bits per heavy atom. The number of hydrogen-bond donors (Lipinski definition) is 1. The molecule has 0 aliphatic heterocycles. The summed E-state index contributed by atoms with van der Waals surface area (Å²) in [4.78, 5) is 22.0. The predicted molar refractivity (Wildman–Crippen MR) is 118 cm³/mol. The van der Waals surface area contributed by atoms with E-state index in [2.05, 4.69) is 15.1 Å². The highest BCUT2D eigenvalue weighted by molar-refractivity contribution is 6.31. The van der Waals surface area contributed by atoms with Crippen LogP contribution in [0.3, 0.4) is 0 Å². The maximum absolute atomic E-state index is 13.1. The number of pyridine rings is 2. The first-order chi connectivity index (χ1) is 14.3. The van der Waals surface area contributed by atoms with Gasteiger partial charge in [0.05, 0.1) is 40.3 Å². The monoisotopic (exact) mass is 419 g/mol. The van der Waals surface area contributed by atoms with Crippen molar-refractivity contribution in [3.63, 3.8) is 0 Å². The average molecular weight is 420 g/mol. The molecule has 4 heterocycles. The second-order valence-electron chi connectivity index (χ2n) is 7.28. The third kappa shape index (κ3) is 2.61. The zero-order valence-corrected chi connectivity index (χ0v) is 17.3. The fourth-order valence-electron chi connectivity index (χ4n) is 3.71. The van der Waals surface area contributed by atoms with Gasteiger partial charge in [0.25, 0.3) is 0 Å². The molecule has 5 rings (SSSR count). The van der Waals surface area contributed by atoms with Gasteiger partial charge in [0.1, 0.15) is 5.69 Å². The number of benzene rings is 1. The molecule has 0 aliphatic rings. The van der Waals surface area contributed by atoms with Crippen molar-refractivity contribution in [1.82, 2.24) is 28.9 Å². The first-order valence-electron chi connectivity index (χ1n) is 9.27. The van der Waals surface area contributed by atoms with Gasteiger partial charge in [0.2, 0.25) is 0 Å². The van der Waals surface area contributed by atoms with Crippen molar-refractivity contribution in [3.05, 3.63) is 64.2 Å². The summed E-state index contributed by atoms with van der Waals surface area (Å²) in [6.45, 7) is 1.87. The van der Waals surface area contributed by atoms with Crippen LogP contribution in [0.2, 0.25) is 5.15 Å². The van der Waals surface area contributed by atoms with Gasteiger partial charge in [-0.05, 0) is 30.7 Å². The number of nitrogens with zero attached hydrogens (tertiary/aromatic N) is 6. The molecule has 2 N–H and O–H groups in total. The van der Waals surface area contributed by atoms with Gasteiger partial charge in [-0.15, -0.1) is 0 Å². The lowest BCUT2D eigenvalue weighted by Crippen LogP contribution is -2.20. The van der Waals surface area contributed by atoms with Crippen molar-refractivity contribution >= 4 is 39.2 Å². The lowest BCUT2D eigenvalue weighted by atomic mass is 10.0. The van der Waals surface area contributed by atoms with Gasteiger partial charge in [-0.1, -0.05) is 17.7 Å². The number of hydrogen-bond acceptors (Lipinski definition) is 5. The van der Waals surface area contributed by atoms with Crippen molar-refractivity contribution in [1.29, 1.82) is 0 Å². The topological polar surface area (TPSA) is 96.5 Å². The molecule has 0 saturated heterocycles. The molecule has 8 nitrogen and oxygen atoms in total. The smallest absolute Gasteiger partial charge is 0.333 e. The molecule has 1 aromatic carbocycles. The number of fused-ring (bicyclic) bond motifs is 3. The number of anilines is 1. The van der Waals surface area contributed by atoms with E-state index >= 15 is 0 Å². The SMILES string of the molecule is Cc1ncc(-c2ccc3ncc4c(c3c2)n(-c2cn(C)nc2Cl)c(=O)n4C)cc1N. The van der Waals surface area contributed by atoms with E-state index in [1.165, 1.54) is 0 Å². The first-order valence-corrected chi connectivity index (χ1v) is 9.65. The Morgan fingerprint density at radius 3 is 2.57 bits per heavy atom. The molecule has 30 heavy (non-hydrogen) atoms. The minimum atomic E-state index is -0.221. The van der Waals surface area contributed by atoms with E-state index in [1.807, 2.05) is 31.2 Å². The van der Waals surface area contributed by atoms with Gasteiger partial charge in [-0.25, -0.2) is 4.79 Å². The summed E-state index contributed by atoms with van der Waals surface area (Å²) in [5.74, 6) is 0. The number of nitrogens with two attached hydrogens (primary N) is 1. The molecule has 0 radical (unpaired) electrons. The van der Waals surface area contributed by atoms with Gasteiger partial charge in [0.15, 0.2) is 5.15 Å². The molecular formula is C21H18ClN7O. The van der Waals surface area contributed by atoms with Crippen LogP contribution in [0, 0.1) is 6.92 Å². The molecule has 4 aromatic heterocycles. The highest BCUT2D eigenvalue weighted by Gasteiger charge is 2.20. The molecule has 0 unspecified atom stereocenters. The Balaban J connectivity index is 1.88. The van der Waals surface area contributed by atoms with E-state index in [1.54, 1.807) is 46.5 Å². The largest absolute Gasteiger partial charge is 0.397 e. The Morgan fingerprint density at radius 1 is 1.07 bits per heavy atom. The summed E-state index contributed by atoms with van der Waals surface area (Å²) in [7, 11) is 3.48. The maximum atomic E-state index is 13.1. The van der Waals surface area contributed by atoms with Crippen LogP contribution >= 0.6 is 11.6 Å². The Hall–Kier alpha value is -3.65. The summed E-state index contributed by atoms with van der Waals surface area (Å²) >= 11 is 6.33. The van der Waals surface area contributed by atoms with Crippen molar-refractivity contribution in [2.24, 2.45) is 14.1 Å². The fraction of sp³-hybridized carbons (Fsp3) is 0.143. The average Bonchev–Trinajstić information content (AvgIpc) is 3.19. The number of nitrogen functional groups attached to an aromatic ring is 1. The molecule has 0 bridgehead atoms. The zero-order chi connectivity index (χ0) is 21.2. The maximum Gasteiger partial charge on any atom is 0.333 e. The van der Waals surface area contributed by atoms with Crippen molar-refractivity contribution in [3.8, 4) is 16.8 Å². The molecule has 0 atom stereocenters. The van der Waals surface area contributed by atoms with Crippen LogP contribution in [0.15, 0.2) is 47.7 Å². The lowest BCUT2D eigenvalue weighted by molar-refractivity contribution is 0.767. The van der Waals surface area contributed by atoms with Crippen LogP contribution in [-0.2, 0) is 14.1 Å². The van der Waals surface area contributed by atoms with Crippen molar-refractivity contribution < 1.29 is 0 Å². The highest BCUT2D eigenvalue weighted by Crippen LogP contribution is 2.31. The summed E-state index contributed by atoms with van der Waals surface area (Å²) < 4.78 is 4.72. The van der Waals surface area contributed by atoms with E-state index in [-0.39, 0.29) is 10.8 Å². The van der Waals surface area contributed by atoms with Gasteiger partial charge in [0, 0.05) is 31.2 Å². The Bertz CT molecular complexity index is 1530. The number of aryl methyl sites for hydroxylation is 3. The van der Waals surface area contributed by atoms with Crippen molar-refractivity contribution in [2.75, 3.05) is 5.73 Å². The normalized spacial score (nSPS) is 11.6. The minimum absolute atomic E-state index is 0.221. The molecule has 0 saturated carbocycles. The predicted octanol–water partition coefficient (Wildman–Crippen LogP) is 3.22. The standard InChI is InChI=1S/C21H18ClN7O/c1-11-15(23)7-13(8-24-11)12-4-5-16-14(6-12)19-17(9-25-16)28(3)21(30)29(19)18-10-27(2)26-20(18)22/h4-10H,23H2,1-3H3. The summed E-state index contributed by atoms with van der Waals surface area (Å²) in [5.41, 5.74) is 11.8. The van der Waals surface area contributed by atoms with E-state index in [0.717, 1.165) is 33.2 Å². The van der Waals surface area contributed by atoms with Gasteiger partial charge in [-0.2, -0.15) is 5.10 Å². The van der Waals surface area contributed by atoms with Crippen LogP contribution in [0.4, 0.5) is 5.69 Å². The third-order valence-electron chi connectivity index (χ3n) is 5.35. The molecular weight excluding hydrogens is 402 g/mol. The quantitative estimate of drug-likeness (QED) is 0.474. The molecule has 9 heteroatoms.